The summed E-state index contributed by atoms with van der Waals surface area (Å²) in [5.74, 6) is -1.28. The predicted octanol–water partition coefficient (Wildman–Crippen LogP) is 2.17. The third-order valence-electron chi connectivity index (χ3n) is 3.93. The first-order chi connectivity index (χ1) is 13.5. The molecular formula is C18H19N3O7S. The maximum Gasteiger partial charge on any atom is 0.337 e. The van der Waals surface area contributed by atoms with Gasteiger partial charge in [-0.05, 0) is 31.2 Å². The smallest absolute Gasteiger partial charge is 0.337 e. The van der Waals surface area contributed by atoms with Crippen molar-refractivity contribution >= 4 is 39.0 Å². The van der Waals surface area contributed by atoms with Crippen LogP contribution in [0.1, 0.15) is 17.3 Å². The van der Waals surface area contributed by atoms with Crippen molar-refractivity contribution in [1.82, 2.24) is 0 Å². The highest BCUT2D eigenvalue weighted by molar-refractivity contribution is 7.92. The van der Waals surface area contributed by atoms with E-state index in [1.54, 1.807) is 0 Å². The Kier molecular flexibility index (Phi) is 6.54. The molecule has 0 aliphatic carbocycles. The van der Waals surface area contributed by atoms with Gasteiger partial charge < -0.3 is 10.1 Å². The number of non-ortho nitro benzene ring substituents is 1. The Bertz CT molecular complexity index is 1050. The molecule has 0 fully saturated rings. The number of nitrogens with zero attached hydrogens (tertiary/aromatic N) is 2. The normalized spacial score (nSPS) is 12.0. The summed E-state index contributed by atoms with van der Waals surface area (Å²) < 4.78 is 30.0. The van der Waals surface area contributed by atoms with Crippen LogP contribution in [-0.2, 0) is 19.6 Å². The third kappa shape index (κ3) is 5.29. The van der Waals surface area contributed by atoms with E-state index in [0.717, 1.165) is 16.6 Å². The molecule has 10 nitrogen and oxygen atoms in total. The monoisotopic (exact) mass is 421 g/mol. The van der Waals surface area contributed by atoms with Crippen LogP contribution in [0.15, 0.2) is 48.5 Å². The fourth-order valence-corrected chi connectivity index (χ4v) is 3.81. The zero-order valence-corrected chi connectivity index (χ0v) is 16.7. The number of sulfonamides is 1. The van der Waals surface area contributed by atoms with Crippen LogP contribution in [0.3, 0.4) is 0 Å². The van der Waals surface area contributed by atoms with Gasteiger partial charge in [0.25, 0.3) is 5.69 Å². The zero-order valence-electron chi connectivity index (χ0n) is 15.9. The summed E-state index contributed by atoms with van der Waals surface area (Å²) in [6.07, 6.45) is 0.896. The number of esters is 1. The van der Waals surface area contributed by atoms with Gasteiger partial charge in [-0.25, -0.2) is 13.2 Å². The molecule has 0 heterocycles. The number of hydrogen-bond acceptors (Lipinski definition) is 7. The predicted molar refractivity (Wildman–Crippen MR) is 106 cm³/mol. The third-order valence-corrected chi connectivity index (χ3v) is 5.18. The lowest BCUT2D eigenvalue weighted by Gasteiger charge is -2.28. The van der Waals surface area contributed by atoms with E-state index >= 15 is 0 Å². The number of carbonyl (C=O) groups excluding carboxylic acids is 2. The molecule has 2 rings (SSSR count). The van der Waals surface area contributed by atoms with Crippen LogP contribution in [0.4, 0.5) is 17.1 Å². The summed E-state index contributed by atoms with van der Waals surface area (Å²) in [4.78, 5) is 34.6. The molecule has 0 bridgehead atoms. The van der Waals surface area contributed by atoms with Gasteiger partial charge in [-0.15, -0.1) is 0 Å². The molecule has 11 heteroatoms. The standard InChI is InChI=1S/C18H19N3O7S/c1-12(17(22)19-14-7-4-6-13(10-14)18(23)28-2)20(29(3,26)27)15-8-5-9-16(11-15)21(24)25/h4-12H,1-3H3,(H,19,22)/t12-/m1/s1. The Labute approximate surface area is 167 Å². The molecule has 154 valence electrons. The number of nitrogens with one attached hydrogen (secondary N) is 1. The van der Waals surface area contributed by atoms with Gasteiger partial charge in [0, 0.05) is 17.8 Å². The molecule has 0 aliphatic heterocycles. The molecule has 0 aliphatic rings. The average Bonchev–Trinajstić information content (AvgIpc) is 2.66. The summed E-state index contributed by atoms with van der Waals surface area (Å²) in [6.45, 7) is 1.35. The van der Waals surface area contributed by atoms with Crippen molar-refractivity contribution in [3.05, 3.63) is 64.2 Å². The van der Waals surface area contributed by atoms with E-state index in [-0.39, 0.29) is 22.6 Å². The molecule has 2 aromatic rings. The minimum Gasteiger partial charge on any atom is -0.465 e. The topological polar surface area (TPSA) is 136 Å². The number of nitro benzene ring substituents is 1. The highest BCUT2D eigenvalue weighted by atomic mass is 32.2. The molecule has 0 saturated carbocycles. The molecule has 1 atom stereocenters. The van der Waals surface area contributed by atoms with Crippen LogP contribution < -0.4 is 9.62 Å². The van der Waals surface area contributed by atoms with E-state index in [0.29, 0.717) is 0 Å². The number of nitro groups is 1. The van der Waals surface area contributed by atoms with E-state index in [1.807, 2.05) is 0 Å². The second-order valence-corrected chi connectivity index (χ2v) is 7.93. The molecule has 1 N–H and O–H groups in total. The quantitative estimate of drug-likeness (QED) is 0.411. The lowest BCUT2D eigenvalue weighted by Crippen LogP contribution is -2.45. The van der Waals surface area contributed by atoms with Gasteiger partial charge in [-0.1, -0.05) is 12.1 Å². The summed E-state index contributed by atoms with van der Waals surface area (Å²) in [5.41, 5.74) is 0.135. The van der Waals surface area contributed by atoms with Crippen molar-refractivity contribution in [2.75, 3.05) is 23.0 Å². The molecule has 0 spiro atoms. The fourth-order valence-electron chi connectivity index (χ4n) is 2.64. The zero-order chi connectivity index (χ0) is 21.8. The van der Waals surface area contributed by atoms with E-state index < -0.39 is 32.9 Å². The van der Waals surface area contributed by atoms with E-state index in [4.69, 9.17) is 0 Å². The van der Waals surface area contributed by atoms with Crippen molar-refractivity contribution < 1.29 is 27.7 Å². The van der Waals surface area contributed by atoms with Gasteiger partial charge in [0.1, 0.15) is 6.04 Å². The number of anilines is 2. The Morgan fingerprint density at radius 2 is 1.83 bits per heavy atom. The van der Waals surface area contributed by atoms with Gasteiger partial charge in [0.15, 0.2) is 0 Å². The molecule has 0 radical (unpaired) electrons. The van der Waals surface area contributed by atoms with Crippen LogP contribution in [-0.4, -0.2) is 44.6 Å². The summed E-state index contributed by atoms with van der Waals surface area (Å²) >= 11 is 0. The molecule has 0 aromatic heterocycles. The minimum atomic E-state index is -3.95. The van der Waals surface area contributed by atoms with Crippen molar-refractivity contribution in [2.24, 2.45) is 0 Å². The van der Waals surface area contributed by atoms with Crippen LogP contribution in [0.2, 0.25) is 0 Å². The van der Waals surface area contributed by atoms with Crippen LogP contribution in [0.5, 0.6) is 0 Å². The number of hydrogen-bond donors (Lipinski definition) is 1. The number of carbonyl (C=O) groups is 2. The summed E-state index contributed by atoms with van der Waals surface area (Å²) in [5, 5.41) is 13.5. The molecule has 0 saturated heterocycles. The van der Waals surface area contributed by atoms with Crippen molar-refractivity contribution in [3.8, 4) is 0 Å². The average molecular weight is 421 g/mol. The number of rotatable bonds is 7. The Morgan fingerprint density at radius 3 is 2.41 bits per heavy atom. The van der Waals surface area contributed by atoms with E-state index in [1.165, 1.54) is 56.5 Å². The largest absolute Gasteiger partial charge is 0.465 e. The van der Waals surface area contributed by atoms with Gasteiger partial charge in [-0.2, -0.15) is 0 Å². The molecule has 2 aromatic carbocycles. The number of amides is 1. The first-order valence-electron chi connectivity index (χ1n) is 8.27. The summed E-state index contributed by atoms with van der Waals surface area (Å²) in [7, 11) is -2.73. The lowest BCUT2D eigenvalue weighted by molar-refractivity contribution is -0.384. The van der Waals surface area contributed by atoms with E-state index in [2.05, 4.69) is 10.1 Å². The van der Waals surface area contributed by atoms with Gasteiger partial charge in [-0.3, -0.25) is 19.2 Å². The number of ether oxygens (including phenoxy) is 1. The second kappa shape index (κ2) is 8.69. The van der Waals surface area contributed by atoms with Crippen molar-refractivity contribution in [1.29, 1.82) is 0 Å². The SMILES string of the molecule is COC(=O)c1cccc(NC(=O)[C@@H](C)N(c2cccc([N+](=O)[O-])c2)S(C)(=O)=O)c1. The summed E-state index contributed by atoms with van der Waals surface area (Å²) in [6, 6.07) is 9.68. The highest BCUT2D eigenvalue weighted by Gasteiger charge is 2.30. The number of benzene rings is 2. The Morgan fingerprint density at radius 1 is 1.17 bits per heavy atom. The second-order valence-electron chi connectivity index (χ2n) is 6.07. The molecule has 0 unspecified atom stereocenters. The minimum absolute atomic E-state index is 0.0207. The fraction of sp³-hybridized carbons (Fsp3) is 0.222. The number of methoxy groups -OCH3 is 1. The maximum absolute atomic E-state index is 12.7. The Hall–Kier alpha value is -3.47. The van der Waals surface area contributed by atoms with Gasteiger partial charge >= 0.3 is 5.97 Å². The Balaban J connectivity index is 2.34. The van der Waals surface area contributed by atoms with Crippen LogP contribution in [0, 0.1) is 10.1 Å². The highest BCUT2D eigenvalue weighted by Crippen LogP contribution is 2.26. The lowest BCUT2D eigenvalue weighted by atomic mass is 10.2. The van der Waals surface area contributed by atoms with Crippen LogP contribution in [0.25, 0.3) is 0 Å². The molecular weight excluding hydrogens is 402 g/mol. The van der Waals surface area contributed by atoms with Gasteiger partial charge in [0.05, 0.1) is 29.5 Å². The van der Waals surface area contributed by atoms with Crippen molar-refractivity contribution in [3.63, 3.8) is 0 Å². The maximum atomic E-state index is 12.7. The van der Waals surface area contributed by atoms with Crippen LogP contribution >= 0.6 is 0 Å². The molecule has 29 heavy (non-hydrogen) atoms. The van der Waals surface area contributed by atoms with Crippen molar-refractivity contribution in [2.45, 2.75) is 13.0 Å². The first kappa shape index (κ1) is 21.8. The first-order valence-corrected chi connectivity index (χ1v) is 10.1. The van der Waals surface area contributed by atoms with E-state index in [9.17, 15) is 28.1 Å². The van der Waals surface area contributed by atoms with Gasteiger partial charge in [0.2, 0.25) is 15.9 Å². The molecule has 1 amide bonds.